The normalized spacial score (nSPS) is 18.1. The maximum atomic E-state index is 12.3. The maximum Gasteiger partial charge on any atom is 0.212 e. The molecule has 3 N–H and O–H groups in total. The van der Waals surface area contributed by atoms with Gasteiger partial charge in [0.15, 0.2) is 0 Å². The van der Waals surface area contributed by atoms with Gasteiger partial charge in [0.2, 0.25) is 10.0 Å². The highest BCUT2D eigenvalue weighted by molar-refractivity contribution is 7.89. The first-order valence-electron chi connectivity index (χ1n) is 7.44. The summed E-state index contributed by atoms with van der Waals surface area (Å²) < 4.78 is 27.5. The van der Waals surface area contributed by atoms with Crippen molar-refractivity contribution in [2.45, 2.75) is 31.7 Å². The zero-order valence-electron chi connectivity index (χ0n) is 12.3. The average Bonchev–Trinajstić information content (AvgIpc) is 2.98. The smallest absolute Gasteiger partial charge is 0.212 e. The Morgan fingerprint density at radius 1 is 1.32 bits per heavy atom. The van der Waals surface area contributed by atoms with Crippen molar-refractivity contribution in [3.8, 4) is 0 Å². The predicted octanol–water partition coefficient (Wildman–Crippen LogP) is 2.87. The Labute approximate surface area is 135 Å². The van der Waals surface area contributed by atoms with Crippen molar-refractivity contribution in [3.63, 3.8) is 0 Å². The van der Waals surface area contributed by atoms with Gasteiger partial charge in [-0.3, -0.25) is 0 Å². The van der Waals surface area contributed by atoms with Crippen LogP contribution >= 0.6 is 11.3 Å². The number of nitrogens with one attached hydrogen (secondary N) is 1. The second kappa shape index (κ2) is 6.40. The molecule has 0 radical (unpaired) electrons. The highest BCUT2D eigenvalue weighted by atomic mass is 32.2. The number of rotatable bonds is 5. The molecule has 0 amide bonds. The Morgan fingerprint density at radius 3 is 2.95 bits per heavy atom. The van der Waals surface area contributed by atoms with E-state index >= 15 is 0 Å². The standard InChI is InChI=1S/C16H20N2O2S2/c17-13-6-7-15-12(11-13)3-1-5-16(15)18-22(19,20)10-8-14-4-2-9-21-14/h2,4,6-7,9,11,16,18H,1,3,5,8,10,17H2. The van der Waals surface area contributed by atoms with Crippen LogP contribution in [0.25, 0.3) is 0 Å². The molecule has 2 aromatic rings. The lowest BCUT2D eigenvalue weighted by Gasteiger charge is -2.26. The molecule has 22 heavy (non-hydrogen) atoms. The van der Waals surface area contributed by atoms with E-state index in [1.54, 1.807) is 11.3 Å². The van der Waals surface area contributed by atoms with Crippen LogP contribution in [-0.2, 0) is 22.9 Å². The summed E-state index contributed by atoms with van der Waals surface area (Å²) in [5, 5.41) is 1.97. The lowest BCUT2D eigenvalue weighted by atomic mass is 9.88. The van der Waals surface area contributed by atoms with Gasteiger partial charge in [0.05, 0.1) is 5.75 Å². The van der Waals surface area contributed by atoms with Crippen molar-refractivity contribution < 1.29 is 8.42 Å². The summed E-state index contributed by atoms with van der Waals surface area (Å²) in [7, 11) is -3.28. The highest BCUT2D eigenvalue weighted by Gasteiger charge is 2.24. The lowest BCUT2D eigenvalue weighted by Crippen LogP contribution is -2.33. The highest BCUT2D eigenvalue weighted by Crippen LogP contribution is 2.31. The van der Waals surface area contributed by atoms with E-state index < -0.39 is 10.0 Å². The molecule has 1 unspecified atom stereocenters. The van der Waals surface area contributed by atoms with Crippen LogP contribution in [0.4, 0.5) is 5.69 Å². The quantitative estimate of drug-likeness (QED) is 0.825. The minimum atomic E-state index is -3.28. The van der Waals surface area contributed by atoms with Gasteiger partial charge in [-0.2, -0.15) is 0 Å². The monoisotopic (exact) mass is 336 g/mol. The van der Waals surface area contributed by atoms with E-state index in [0.717, 1.165) is 41.0 Å². The van der Waals surface area contributed by atoms with Gasteiger partial charge in [-0.25, -0.2) is 13.1 Å². The summed E-state index contributed by atoms with van der Waals surface area (Å²) in [5.74, 6) is 0.133. The molecule has 118 valence electrons. The summed E-state index contributed by atoms with van der Waals surface area (Å²) >= 11 is 1.59. The molecule has 0 spiro atoms. The molecule has 1 atom stereocenters. The molecule has 0 bridgehead atoms. The number of hydrogen-bond acceptors (Lipinski definition) is 4. The molecule has 0 saturated heterocycles. The van der Waals surface area contributed by atoms with Gasteiger partial charge in [-0.15, -0.1) is 11.3 Å². The number of sulfonamides is 1. The number of anilines is 1. The summed E-state index contributed by atoms with van der Waals surface area (Å²) in [5.41, 5.74) is 8.79. The fourth-order valence-corrected chi connectivity index (χ4v) is 5.05. The Hall–Kier alpha value is -1.37. The SMILES string of the molecule is Nc1ccc2c(c1)CCCC2NS(=O)(=O)CCc1cccs1. The number of aryl methyl sites for hydroxylation is 2. The number of thiophene rings is 1. The minimum absolute atomic E-state index is 0.127. The summed E-state index contributed by atoms with van der Waals surface area (Å²) in [6.45, 7) is 0. The Balaban J connectivity index is 1.70. The lowest BCUT2D eigenvalue weighted by molar-refractivity contribution is 0.507. The van der Waals surface area contributed by atoms with E-state index in [1.807, 2.05) is 35.7 Å². The van der Waals surface area contributed by atoms with Crippen LogP contribution in [0.2, 0.25) is 0 Å². The van der Waals surface area contributed by atoms with E-state index in [4.69, 9.17) is 5.73 Å². The van der Waals surface area contributed by atoms with Crippen LogP contribution < -0.4 is 10.5 Å². The molecule has 0 aliphatic heterocycles. The summed E-state index contributed by atoms with van der Waals surface area (Å²) in [6, 6.07) is 9.55. The van der Waals surface area contributed by atoms with Crippen LogP contribution in [0.3, 0.4) is 0 Å². The van der Waals surface area contributed by atoms with E-state index in [-0.39, 0.29) is 11.8 Å². The summed E-state index contributed by atoms with van der Waals surface area (Å²) in [6.07, 6.45) is 3.35. The van der Waals surface area contributed by atoms with Gasteiger partial charge in [0.1, 0.15) is 0 Å². The minimum Gasteiger partial charge on any atom is -0.399 e. The molecule has 1 aliphatic rings. The topological polar surface area (TPSA) is 72.2 Å². The first-order valence-corrected chi connectivity index (χ1v) is 9.97. The largest absolute Gasteiger partial charge is 0.399 e. The van der Waals surface area contributed by atoms with Crippen LogP contribution in [0.1, 0.15) is 34.9 Å². The van der Waals surface area contributed by atoms with Crippen LogP contribution in [0, 0.1) is 0 Å². The molecule has 1 aromatic carbocycles. The third-order valence-corrected chi connectivity index (χ3v) is 6.32. The number of benzene rings is 1. The molecule has 1 aliphatic carbocycles. The zero-order chi connectivity index (χ0) is 15.6. The van der Waals surface area contributed by atoms with Crippen molar-refractivity contribution >= 4 is 27.0 Å². The number of fused-ring (bicyclic) bond motifs is 1. The van der Waals surface area contributed by atoms with Crippen LogP contribution in [0.5, 0.6) is 0 Å². The third kappa shape index (κ3) is 3.69. The molecule has 0 fully saturated rings. The van der Waals surface area contributed by atoms with Gasteiger partial charge >= 0.3 is 0 Å². The molecular formula is C16H20N2O2S2. The zero-order valence-corrected chi connectivity index (χ0v) is 13.9. The van der Waals surface area contributed by atoms with Crippen molar-refractivity contribution in [1.29, 1.82) is 0 Å². The predicted molar refractivity (Wildman–Crippen MR) is 91.5 cm³/mol. The molecule has 6 heteroatoms. The molecule has 0 saturated carbocycles. The van der Waals surface area contributed by atoms with Gasteiger partial charge in [0.25, 0.3) is 0 Å². The van der Waals surface area contributed by atoms with Crippen molar-refractivity contribution in [3.05, 3.63) is 51.7 Å². The number of nitrogens with two attached hydrogens (primary N) is 1. The fourth-order valence-electron chi connectivity index (χ4n) is 2.92. The molecule has 3 rings (SSSR count). The Morgan fingerprint density at radius 2 is 2.18 bits per heavy atom. The number of nitrogen functional groups attached to an aromatic ring is 1. The van der Waals surface area contributed by atoms with E-state index in [2.05, 4.69) is 4.72 Å². The molecule has 4 nitrogen and oxygen atoms in total. The first-order chi connectivity index (χ1) is 10.5. The van der Waals surface area contributed by atoms with Gasteiger partial charge in [0, 0.05) is 16.6 Å². The molecular weight excluding hydrogens is 316 g/mol. The van der Waals surface area contributed by atoms with Crippen molar-refractivity contribution in [1.82, 2.24) is 4.72 Å². The van der Waals surface area contributed by atoms with Gasteiger partial charge < -0.3 is 5.73 Å². The maximum absolute atomic E-state index is 12.3. The fraction of sp³-hybridized carbons (Fsp3) is 0.375. The average molecular weight is 336 g/mol. The second-order valence-electron chi connectivity index (χ2n) is 5.67. The summed E-state index contributed by atoms with van der Waals surface area (Å²) in [4.78, 5) is 1.10. The van der Waals surface area contributed by atoms with Gasteiger partial charge in [-0.1, -0.05) is 12.1 Å². The van der Waals surface area contributed by atoms with E-state index in [9.17, 15) is 8.42 Å². The van der Waals surface area contributed by atoms with E-state index in [1.165, 1.54) is 0 Å². The van der Waals surface area contributed by atoms with Gasteiger partial charge in [-0.05, 0) is 60.4 Å². The Bertz CT molecular complexity index is 740. The Kier molecular flexibility index (Phi) is 4.52. The third-order valence-electron chi connectivity index (χ3n) is 4.00. The number of hydrogen-bond donors (Lipinski definition) is 2. The van der Waals surface area contributed by atoms with Crippen LogP contribution in [-0.4, -0.2) is 14.2 Å². The second-order valence-corrected chi connectivity index (χ2v) is 8.57. The van der Waals surface area contributed by atoms with Crippen molar-refractivity contribution in [2.75, 3.05) is 11.5 Å². The first kappa shape index (κ1) is 15.5. The molecule has 1 aromatic heterocycles. The van der Waals surface area contributed by atoms with Crippen molar-refractivity contribution in [2.24, 2.45) is 0 Å². The molecule has 1 heterocycles. The van der Waals surface area contributed by atoms with E-state index in [0.29, 0.717) is 6.42 Å². The van der Waals surface area contributed by atoms with Crippen LogP contribution in [0.15, 0.2) is 35.7 Å².